The number of nitrogens with one attached hydrogen (secondary N) is 1. The Hall–Kier alpha value is -1.92. The van der Waals surface area contributed by atoms with Gasteiger partial charge in [0.1, 0.15) is 0 Å². The van der Waals surface area contributed by atoms with Crippen molar-refractivity contribution in [3.8, 4) is 0 Å². The maximum Gasteiger partial charge on any atom is 0.305 e. The van der Waals surface area contributed by atoms with Gasteiger partial charge in [-0.2, -0.15) is 0 Å². The summed E-state index contributed by atoms with van der Waals surface area (Å²) in [6, 6.07) is -0.633. The van der Waals surface area contributed by atoms with Gasteiger partial charge in [-0.05, 0) is 51.4 Å². The fraction of sp³-hybridized carbons (Fsp3) is 0.879. The minimum atomic E-state index is -0.849. The lowest BCUT2D eigenvalue weighted by molar-refractivity contribution is -0.143. The minimum Gasteiger partial charge on any atom is -0.465 e. The number of aliphatic hydroxyl groups excluding tert-OH is 2. The maximum atomic E-state index is 12.5. The van der Waals surface area contributed by atoms with Gasteiger partial charge < -0.3 is 20.3 Å². The lowest BCUT2D eigenvalue weighted by Gasteiger charge is -2.20. The van der Waals surface area contributed by atoms with Crippen molar-refractivity contribution in [1.29, 1.82) is 0 Å². The first-order valence-electron chi connectivity index (χ1n) is 32.3. The van der Waals surface area contributed by atoms with E-state index in [0.717, 1.165) is 51.4 Å². The van der Waals surface area contributed by atoms with Crippen molar-refractivity contribution in [2.45, 2.75) is 360 Å². The Morgan fingerprint density at radius 1 is 0.389 bits per heavy atom. The average Bonchev–Trinajstić information content (AvgIpc) is 3.38. The third kappa shape index (κ3) is 57.4. The summed E-state index contributed by atoms with van der Waals surface area (Å²) in [7, 11) is 0. The molecule has 0 aliphatic heterocycles. The molecule has 0 aromatic carbocycles. The van der Waals surface area contributed by atoms with E-state index in [2.05, 4.69) is 43.5 Å². The van der Waals surface area contributed by atoms with Crippen LogP contribution in [0.1, 0.15) is 348 Å². The highest BCUT2D eigenvalue weighted by molar-refractivity contribution is 5.76. The van der Waals surface area contributed by atoms with Crippen LogP contribution < -0.4 is 5.32 Å². The predicted octanol–water partition coefficient (Wildman–Crippen LogP) is 20.4. The largest absolute Gasteiger partial charge is 0.465 e. The molecule has 3 N–H and O–H groups in total. The molecular formula is C66H125NO5. The highest BCUT2D eigenvalue weighted by Crippen LogP contribution is 2.18. The zero-order valence-electron chi connectivity index (χ0n) is 48.4. The van der Waals surface area contributed by atoms with Crippen molar-refractivity contribution in [2.24, 2.45) is 0 Å². The van der Waals surface area contributed by atoms with Gasteiger partial charge in [0.2, 0.25) is 5.91 Å². The molecule has 0 aromatic rings. The lowest BCUT2D eigenvalue weighted by atomic mass is 10.0. The number of aliphatic hydroxyl groups is 2. The van der Waals surface area contributed by atoms with Crippen molar-refractivity contribution >= 4 is 11.9 Å². The second-order valence-corrected chi connectivity index (χ2v) is 22.1. The molecule has 6 nitrogen and oxygen atoms in total. The molecule has 0 aromatic heterocycles. The molecule has 0 radical (unpaired) electrons. The first-order valence-corrected chi connectivity index (χ1v) is 32.3. The van der Waals surface area contributed by atoms with Crippen molar-refractivity contribution < 1.29 is 24.5 Å². The number of carbonyl (C=O) groups is 2. The van der Waals surface area contributed by atoms with Gasteiger partial charge in [-0.1, -0.05) is 320 Å². The number of unbranched alkanes of at least 4 members (excludes halogenated alkanes) is 45. The zero-order valence-corrected chi connectivity index (χ0v) is 48.4. The average molecular weight is 1010 g/mol. The van der Waals surface area contributed by atoms with Crippen molar-refractivity contribution in [2.75, 3.05) is 13.2 Å². The number of rotatable bonds is 60. The molecule has 0 saturated carbocycles. The normalized spacial score (nSPS) is 12.8. The van der Waals surface area contributed by atoms with E-state index in [1.165, 1.54) is 270 Å². The number of carbonyl (C=O) groups excluding carboxylic acids is 2. The van der Waals surface area contributed by atoms with Gasteiger partial charge in [-0.15, -0.1) is 0 Å². The van der Waals surface area contributed by atoms with Crippen LogP contribution in [0.3, 0.4) is 0 Å². The van der Waals surface area contributed by atoms with E-state index in [-0.39, 0.29) is 18.5 Å². The van der Waals surface area contributed by atoms with Gasteiger partial charge in [-0.25, -0.2) is 0 Å². The topological polar surface area (TPSA) is 95.9 Å². The monoisotopic (exact) mass is 1010 g/mol. The summed E-state index contributed by atoms with van der Waals surface area (Å²) < 4.78 is 5.42. The van der Waals surface area contributed by atoms with E-state index < -0.39 is 12.1 Å². The van der Waals surface area contributed by atoms with Gasteiger partial charge in [0.25, 0.3) is 0 Å². The first-order chi connectivity index (χ1) is 35.5. The van der Waals surface area contributed by atoms with Gasteiger partial charge in [0.05, 0.1) is 25.4 Å². The number of hydrogen-bond acceptors (Lipinski definition) is 5. The van der Waals surface area contributed by atoms with Crippen LogP contribution in [0.15, 0.2) is 36.5 Å². The Morgan fingerprint density at radius 3 is 1.06 bits per heavy atom. The summed E-state index contributed by atoms with van der Waals surface area (Å²) in [5.74, 6) is -0.103. The van der Waals surface area contributed by atoms with E-state index in [1.54, 1.807) is 6.08 Å². The molecule has 0 bridgehead atoms. The summed E-state index contributed by atoms with van der Waals surface area (Å²) in [4.78, 5) is 24.5. The van der Waals surface area contributed by atoms with Crippen LogP contribution in [0.25, 0.3) is 0 Å². The Morgan fingerprint density at radius 2 is 0.694 bits per heavy atom. The number of ether oxygens (including phenoxy) is 1. The van der Waals surface area contributed by atoms with E-state index >= 15 is 0 Å². The number of amides is 1. The van der Waals surface area contributed by atoms with Crippen molar-refractivity contribution in [3.05, 3.63) is 36.5 Å². The minimum absolute atomic E-state index is 0.0326. The molecule has 424 valence electrons. The second kappa shape index (κ2) is 61.6. The van der Waals surface area contributed by atoms with Crippen molar-refractivity contribution in [1.82, 2.24) is 5.32 Å². The standard InChI is InChI=1S/C66H125NO5/c1-3-5-7-9-11-13-15-17-19-20-24-27-31-34-38-42-46-50-54-58-64(69)63(62-68)67-65(70)59-55-51-47-43-39-35-32-28-25-22-21-23-26-29-33-37-41-45-49-53-57-61-72-66(71)60-56-52-48-44-40-36-30-18-16-14-12-10-8-6-4-2/h37,41,49,53-54,58,63-64,68-69H,3-36,38-40,42-48,50-52,55-57,59-62H2,1-2H3,(H,67,70)/b41-37-,53-49-,58-54+. The Kier molecular flexibility index (Phi) is 60.0. The van der Waals surface area contributed by atoms with Crippen LogP contribution in [-0.2, 0) is 14.3 Å². The number of hydrogen-bond donors (Lipinski definition) is 3. The molecule has 0 spiro atoms. The lowest BCUT2D eigenvalue weighted by Crippen LogP contribution is -2.45. The molecule has 1 amide bonds. The maximum absolute atomic E-state index is 12.5. The summed E-state index contributed by atoms with van der Waals surface area (Å²) >= 11 is 0. The van der Waals surface area contributed by atoms with Crippen molar-refractivity contribution in [3.63, 3.8) is 0 Å². The highest BCUT2D eigenvalue weighted by Gasteiger charge is 2.18. The van der Waals surface area contributed by atoms with Gasteiger partial charge >= 0.3 is 5.97 Å². The third-order valence-corrected chi connectivity index (χ3v) is 14.9. The van der Waals surface area contributed by atoms with Crippen LogP contribution in [0.2, 0.25) is 0 Å². The van der Waals surface area contributed by atoms with Gasteiger partial charge in [0, 0.05) is 12.8 Å². The van der Waals surface area contributed by atoms with Crippen LogP contribution in [0, 0.1) is 0 Å². The Balaban J connectivity index is 3.47. The van der Waals surface area contributed by atoms with E-state index in [4.69, 9.17) is 4.74 Å². The molecule has 0 heterocycles. The Labute approximate surface area is 449 Å². The van der Waals surface area contributed by atoms with Gasteiger partial charge in [0.15, 0.2) is 0 Å². The van der Waals surface area contributed by atoms with Crippen LogP contribution in [-0.4, -0.2) is 47.4 Å². The molecule has 0 saturated heterocycles. The summed E-state index contributed by atoms with van der Waals surface area (Å²) in [6.45, 7) is 4.82. The summed E-state index contributed by atoms with van der Waals surface area (Å²) in [5, 5.41) is 23.2. The molecule has 0 aliphatic carbocycles. The number of esters is 1. The van der Waals surface area contributed by atoms with Crippen LogP contribution >= 0.6 is 0 Å². The van der Waals surface area contributed by atoms with Crippen LogP contribution in [0.5, 0.6) is 0 Å². The summed E-state index contributed by atoms with van der Waals surface area (Å²) in [5.41, 5.74) is 0. The van der Waals surface area contributed by atoms with E-state index in [1.807, 2.05) is 6.08 Å². The predicted molar refractivity (Wildman–Crippen MR) is 315 cm³/mol. The molecule has 72 heavy (non-hydrogen) atoms. The molecule has 2 unspecified atom stereocenters. The Bertz CT molecular complexity index is 1170. The van der Waals surface area contributed by atoms with Crippen LogP contribution in [0.4, 0.5) is 0 Å². The van der Waals surface area contributed by atoms with Gasteiger partial charge in [-0.3, -0.25) is 9.59 Å². The fourth-order valence-corrected chi connectivity index (χ4v) is 10.0. The highest BCUT2D eigenvalue weighted by atomic mass is 16.5. The number of allylic oxidation sites excluding steroid dienone is 4. The van der Waals surface area contributed by atoms with E-state index in [9.17, 15) is 19.8 Å². The molecule has 2 atom stereocenters. The molecule has 6 heteroatoms. The summed E-state index contributed by atoms with van der Waals surface area (Å²) in [6.07, 6.45) is 77.8. The molecule has 0 fully saturated rings. The first kappa shape index (κ1) is 70.1. The second-order valence-electron chi connectivity index (χ2n) is 22.1. The smallest absolute Gasteiger partial charge is 0.305 e. The molecule has 0 rings (SSSR count). The fourth-order valence-electron chi connectivity index (χ4n) is 10.0. The third-order valence-electron chi connectivity index (χ3n) is 14.9. The zero-order chi connectivity index (χ0) is 52.2. The molecular weight excluding hydrogens is 887 g/mol. The molecule has 0 aliphatic rings. The SMILES string of the molecule is CCCCCCCCCCCCCCCCCCC/C=C/C(O)C(CO)NC(=O)CCCCCCCCCCCCCCCC/C=C\C/C=C\CCOC(=O)CCCCCCCCCCCCCCCCC. The van der Waals surface area contributed by atoms with E-state index in [0.29, 0.717) is 19.4 Å². The quantitative estimate of drug-likeness (QED) is 0.0320.